The summed E-state index contributed by atoms with van der Waals surface area (Å²) in [5, 5.41) is 3.80. The molecule has 5 nitrogen and oxygen atoms in total. The number of amides is 1. The molecule has 0 fully saturated rings. The van der Waals surface area contributed by atoms with Gasteiger partial charge in [-0.25, -0.2) is 4.98 Å². The van der Waals surface area contributed by atoms with E-state index in [9.17, 15) is 22.8 Å². The lowest BCUT2D eigenvalue weighted by molar-refractivity contribution is -0.140. The molecule has 0 bridgehead atoms. The lowest BCUT2D eigenvalue weighted by atomic mass is 10.1. The molecule has 29 heavy (non-hydrogen) atoms. The molecule has 1 unspecified atom stereocenters. The summed E-state index contributed by atoms with van der Waals surface area (Å²) in [6.07, 6.45) is -3.77. The van der Waals surface area contributed by atoms with Gasteiger partial charge in [-0.15, -0.1) is 11.3 Å². The fourth-order valence-corrected chi connectivity index (χ4v) is 3.92. The number of hydrogen-bond acceptors (Lipinski definition) is 4. The number of carbonyl (C=O) groups is 2. The van der Waals surface area contributed by atoms with Gasteiger partial charge in [0.15, 0.2) is 12.0 Å². The molecule has 1 N–H and O–H groups in total. The smallest absolute Gasteiger partial charge is 0.343 e. The first kappa shape index (κ1) is 20.8. The largest absolute Gasteiger partial charge is 0.434 e. The topological polar surface area (TPSA) is 64.0 Å². The Kier molecular flexibility index (Phi) is 5.61. The third kappa shape index (κ3) is 4.09. The molecule has 1 aromatic carbocycles. The summed E-state index contributed by atoms with van der Waals surface area (Å²) in [6, 6.07) is 7.87. The summed E-state index contributed by atoms with van der Waals surface area (Å²) in [5.41, 5.74) is 1.95. The number of nitrogens with zero attached hydrogens (tertiary/aromatic N) is 2. The standard InChI is InChI=1S/C20H18F3N3O2S/c1-11-8-14(9-27)13(3)26(11)16-7-5-4-6-15(16)18(28)24-12(2)19-25-17(10-29-19)20(21,22)23/h4-10,12H,1-3H3,(H,24,28). The second-order valence-corrected chi connectivity index (χ2v) is 7.45. The predicted octanol–water partition coefficient (Wildman–Crippen LogP) is 4.87. The van der Waals surface area contributed by atoms with E-state index in [0.717, 1.165) is 28.7 Å². The van der Waals surface area contributed by atoms with Gasteiger partial charge in [0.2, 0.25) is 0 Å². The van der Waals surface area contributed by atoms with Crippen molar-refractivity contribution >= 4 is 23.5 Å². The number of carbonyl (C=O) groups excluding carboxylic acids is 2. The third-order valence-corrected chi connectivity index (χ3v) is 5.54. The van der Waals surface area contributed by atoms with E-state index >= 15 is 0 Å². The van der Waals surface area contributed by atoms with Crippen molar-refractivity contribution in [2.45, 2.75) is 33.0 Å². The van der Waals surface area contributed by atoms with Crippen molar-refractivity contribution in [1.82, 2.24) is 14.9 Å². The molecule has 152 valence electrons. The van der Waals surface area contributed by atoms with Crippen molar-refractivity contribution in [2.75, 3.05) is 0 Å². The van der Waals surface area contributed by atoms with Gasteiger partial charge in [0.05, 0.1) is 17.3 Å². The number of aryl methyl sites for hydroxylation is 1. The van der Waals surface area contributed by atoms with E-state index in [1.807, 2.05) is 6.92 Å². The van der Waals surface area contributed by atoms with Gasteiger partial charge in [-0.2, -0.15) is 13.2 Å². The first-order valence-electron chi connectivity index (χ1n) is 8.70. The van der Waals surface area contributed by atoms with Crippen molar-refractivity contribution in [3.63, 3.8) is 0 Å². The van der Waals surface area contributed by atoms with Crippen LogP contribution in [0.15, 0.2) is 35.7 Å². The van der Waals surface area contributed by atoms with E-state index in [2.05, 4.69) is 10.3 Å². The maximum absolute atomic E-state index is 12.9. The van der Waals surface area contributed by atoms with Gasteiger partial charge >= 0.3 is 6.18 Å². The Bertz CT molecular complexity index is 1070. The first-order valence-corrected chi connectivity index (χ1v) is 9.58. The van der Waals surface area contributed by atoms with Gasteiger partial charge in [0.25, 0.3) is 5.91 Å². The molecule has 1 amide bonds. The number of thiazole rings is 1. The Hall–Kier alpha value is -2.94. The minimum Gasteiger partial charge on any atom is -0.343 e. The highest BCUT2D eigenvalue weighted by Crippen LogP contribution is 2.32. The van der Waals surface area contributed by atoms with E-state index in [0.29, 0.717) is 22.5 Å². The SMILES string of the molecule is Cc1cc(C=O)c(C)n1-c1ccccc1C(=O)NC(C)c1nc(C(F)(F)F)cs1. The van der Waals surface area contributed by atoms with E-state index in [1.165, 1.54) is 0 Å². The zero-order valence-corrected chi connectivity index (χ0v) is 16.7. The van der Waals surface area contributed by atoms with Crippen LogP contribution in [0.1, 0.15) is 55.8 Å². The Morgan fingerprint density at radius 2 is 1.97 bits per heavy atom. The number of aldehydes is 1. The molecule has 3 aromatic rings. The third-order valence-electron chi connectivity index (χ3n) is 4.52. The molecule has 0 aliphatic carbocycles. The quantitative estimate of drug-likeness (QED) is 0.598. The van der Waals surface area contributed by atoms with Crippen LogP contribution in [0, 0.1) is 13.8 Å². The van der Waals surface area contributed by atoms with Gasteiger partial charge < -0.3 is 9.88 Å². The van der Waals surface area contributed by atoms with Gasteiger partial charge in [-0.1, -0.05) is 12.1 Å². The maximum atomic E-state index is 12.9. The normalized spacial score (nSPS) is 12.6. The number of hydrogen-bond donors (Lipinski definition) is 1. The molecule has 3 rings (SSSR count). The lowest BCUT2D eigenvalue weighted by Gasteiger charge is -2.17. The number of halogens is 3. The number of para-hydroxylation sites is 1. The van der Waals surface area contributed by atoms with Crippen LogP contribution in [0.2, 0.25) is 0 Å². The fourth-order valence-electron chi connectivity index (χ4n) is 3.09. The van der Waals surface area contributed by atoms with E-state index in [4.69, 9.17) is 0 Å². The lowest BCUT2D eigenvalue weighted by Crippen LogP contribution is -2.28. The Labute approximate surface area is 169 Å². The molecule has 0 radical (unpaired) electrons. The van der Waals surface area contributed by atoms with Crippen molar-refractivity contribution in [3.05, 3.63) is 68.9 Å². The molecule has 9 heteroatoms. The van der Waals surface area contributed by atoms with Crippen LogP contribution in [-0.4, -0.2) is 21.7 Å². The number of nitrogens with one attached hydrogen (secondary N) is 1. The van der Waals surface area contributed by atoms with Crippen LogP contribution in [0.25, 0.3) is 5.69 Å². The van der Waals surface area contributed by atoms with Crippen LogP contribution < -0.4 is 5.32 Å². The molecule has 1 atom stereocenters. The highest BCUT2D eigenvalue weighted by atomic mass is 32.1. The molecule has 2 heterocycles. The van der Waals surface area contributed by atoms with Crippen molar-refractivity contribution in [1.29, 1.82) is 0 Å². The summed E-state index contributed by atoms with van der Waals surface area (Å²) in [7, 11) is 0. The highest BCUT2D eigenvalue weighted by molar-refractivity contribution is 7.09. The Balaban J connectivity index is 1.90. The average molecular weight is 421 g/mol. The van der Waals surface area contributed by atoms with E-state index < -0.39 is 23.8 Å². The Morgan fingerprint density at radius 1 is 1.28 bits per heavy atom. The molecule has 0 saturated carbocycles. The Morgan fingerprint density at radius 3 is 2.55 bits per heavy atom. The van der Waals surface area contributed by atoms with Crippen LogP contribution in [-0.2, 0) is 6.18 Å². The summed E-state index contributed by atoms with van der Waals surface area (Å²) >= 11 is 0.844. The number of benzene rings is 1. The van der Waals surface area contributed by atoms with Crippen molar-refractivity contribution in [3.8, 4) is 5.69 Å². The van der Waals surface area contributed by atoms with Crippen LogP contribution in [0.4, 0.5) is 13.2 Å². The highest BCUT2D eigenvalue weighted by Gasteiger charge is 2.34. The monoisotopic (exact) mass is 421 g/mol. The molecule has 2 aromatic heterocycles. The first-order chi connectivity index (χ1) is 13.6. The molecular weight excluding hydrogens is 403 g/mol. The second kappa shape index (κ2) is 7.82. The van der Waals surface area contributed by atoms with E-state index in [-0.39, 0.29) is 5.01 Å². The number of aromatic nitrogens is 2. The predicted molar refractivity (Wildman–Crippen MR) is 104 cm³/mol. The van der Waals surface area contributed by atoms with Crippen LogP contribution in [0.5, 0.6) is 0 Å². The molecular formula is C20H18F3N3O2S. The average Bonchev–Trinajstić information content (AvgIpc) is 3.26. The summed E-state index contributed by atoms with van der Waals surface area (Å²) in [5.74, 6) is -0.447. The van der Waals surface area contributed by atoms with Crippen LogP contribution in [0.3, 0.4) is 0 Å². The zero-order chi connectivity index (χ0) is 21.3. The van der Waals surface area contributed by atoms with E-state index in [1.54, 1.807) is 48.7 Å². The molecule has 0 spiro atoms. The molecule has 0 saturated heterocycles. The zero-order valence-electron chi connectivity index (χ0n) is 15.9. The van der Waals surface area contributed by atoms with Crippen molar-refractivity contribution in [2.24, 2.45) is 0 Å². The van der Waals surface area contributed by atoms with Crippen molar-refractivity contribution < 1.29 is 22.8 Å². The van der Waals surface area contributed by atoms with Crippen LogP contribution >= 0.6 is 11.3 Å². The fraction of sp³-hybridized carbons (Fsp3) is 0.250. The van der Waals surface area contributed by atoms with Gasteiger partial charge in [0.1, 0.15) is 5.01 Å². The summed E-state index contributed by atoms with van der Waals surface area (Å²) in [4.78, 5) is 27.7. The van der Waals surface area contributed by atoms with Gasteiger partial charge in [-0.05, 0) is 39.0 Å². The minimum absolute atomic E-state index is 0.166. The second-order valence-electron chi connectivity index (χ2n) is 6.56. The minimum atomic E-state index is -4.52. The number of alkyl halides is 3. The molecule has 0 aliphatic heterocycles. The van der Waals surface area contributed by atoms with Gasteiger partial charge in [-0.3, -0.25) is 9.59 Å². The van der Waals surface area contributed by atoms with Gasteiger partial charge in [0, 0.05) is 22.3 Å². The summed E-state index contributed by atoms with van der Waals surface area (Å²) in [6.45, 7) is 5.18. The number of rotatable bonds is 5. The molecule has 0 aliphatic rings. The summed E-state index contributed by atoms with van der Waals surface area (Å²) < 4.78 is 40.1. The maximum Gasteiger partial charge on any atom is 0.434 e.